The molecule has 7 nitrogen and oxygen atoms in total. The first-order chi connectivity index (χ1) is 13.4. The van der Waals surface area contributed by atoms with Gasteiger partial charge in [-0.2, -0.15) is 0 Å². The van der Waals surface area contributed by atoms with Crippen LogP contribution in [-0.4, -0.2) is 54.0 Å². The van der Waals surface area contributed by atoms with Gasteiger partial charge in [0.25, 0.3) is 0 Å². The van der Waals surface area contributed by atoms with Crippen molar-refractivity contribution in [2.75, 3.05) is 36.4 Å². The Morgan fingerprint density at radius 2 is 1.96 bits per heavy atom. The number of aryl methyl sites for hydroxylation is 1. The van der Waals surface area contributed by atoms with Crippen molar-refractivity contribution in [1.29, 1.82) is 0 Å². The fourth-order valence-corrected chi connectivity index (χ4v) is 3.50. The average molecular weight is 388 g/mol. The summed E-state index contributed by atoms with van der Waals surface area (Å²) in [6.45, 7) is 7.62. The van der Waals surface area contributed by atoms with Gasteiger partial charge in [0.1, 0.15) is 11.6 Å². The zero-order chi connectivity index (χ0) is 20.3. The molecule has 1 unspecified atom stereocenters. The number of piperazine rings is 1. The van der Waals surface area contributed by atoms with E-state index in [4.69, 9.17) is 4.52 Å². The molecule has 1 aliphatic rings. The average Bonchev–Trinajstić information content (AvgIpc) is 3.07. The molecule has 1 aromatic heterocycles. The number of carbonyl (C=O) groups excluding carboxylic acids is 2. The van der Waals surface area contributed by atoms with E-state index in [9.17, 15) is 14.0 Å². The highest BCUT2D eigenvalue weighted by Crippen LogP contribution is 2.23. The molecule has 150 valence electrons. The summed E-state index contributed by atoms with van der Waals surface area (Å²) in [5.41, 5.74) is 0.853. The third-order valence-corrected chi connectivity index (χ3v) is 5.02. The molecule has 1 N–H and O–H groups in total. The van der Waals surface area contributed by atoms with E-state index in [2.05, 4.69) is 15.4 Å². The van der Waals surface area contributed by atoms with Crippen LogP contribution in [0.1, 0.15) is 36.4 Å². The number of anilines is 2. The fourth-order valence-electron chi connectivity index (χ4n) is 3.50. The van der Waals surface area contributed by atoms with Crippen molar-refractivity contribution in [3.05, 3.63) is 41.4 Å². The lowest BCUT2D eigenvalue weighted by molar-refractivity contribution is -0.121. The van der Waals surface area contributed by atoms with E-state index < -0.39 is 5.82 Å². The summed E-state index contributed by atoms with van der Waals surface area (Å²) in [5, 5.41) is 6.59. The van der Waals surface area contributed by atoms with Gasteiger partial charge >= 0.3 is 0 Å². The predicted molar refractivity (Wildman–Crippen MR) is 104 cm³/mol. The third-order valence-electron chi connectivity index (χ3n) is 5.02. The molecule has 1 aromatic carbocycles. The Balaban J connectivity index is 1.62. The second kappa shape index (κ2) is 8.52. The van der Waals surface area contributed by atoms with Gasteiger partial charge in [-0.15, -0.1) is 0 Å². The lowest BCUT2D eigenvalue weighted by atomic mass is 10.1. The first-order valence-electron chi connectivity index (χ1n) is 9.42. The molecule has 8 heteroatoms. The topological polar surface area (TPSA) is 78.7 Å². The first kappa shape index (κ1) is 20.0. The van der Waals surface area contributed by atoms with E-state index in [1.807, 2.05) is 11.8 Å². The first-order valence-corrected chi connectivity index (χ1v) is 9.42. The lowest BCUT2D eigenvalue weighted by Crippen LogP contribution is -2.53. The molecule has 0 bridgehead atoms. The molecule has 2 heterocycles. The van der Waals surface area contributed by atoms with Gasteiger partial charge in [-0.1, -0.05) is 12.1 Å². The highest BCUT2D eigenvalue weighted by Gasteiger charge is 2.29. The van der Waals surface area contributed by atoms with Crippen molar-refractivity contribution in [1.82, 2.24) is 10.1 Å². The molecule has 1 atom stereocenters. The number of nitrogens with one attached hydrogen (secondary N) is 1. The Bertz CT molecular complexity index is 859. The maximum Gasteiger partial charge on any atom is 0.242 e. The number of carbonyl (C=O) groups is 2. The quantitative estimate of drug-likeness (QED) is 0.767. The molecule has 0 radical (unpaired) electrons. The second-order valence-corrected chi connectivity index (χ2v) is 6.98. The highest BCUT2D eigenvalue weighted by molar-refractivity contribution is 5.94. The second-order valence-electron chi connectivity index (χ2n) is 6.98. The lowest BCUT2D eigenvalue weighted by Gasteiger charge is -2.39. The zero-order valence-electron chi connectivity index (χ0n) is 16.4. The standard InChI is InChI=1S/C20H25FN4O3/c1-4-17(20(27)22-19-11-13(2)28-23-19)24-7-9-25(10-8-24)18-6-5-15(14(3)26)12-16(18)21/h5-6,11-12,17H,4,7-10H2,1-3H3,(H,22,23,27). The van der Waals surface area contributed by atoms with Gasteiger partial charge < -0.3 is 14.7 Å². The molecule has 1 fully saturated rings. The van der Waals surface area contributed by atoms with Crippen molar-refractivity contribution in [3.8, 4) is 0 Å². The number of hydrogen-bond acceptors (Lipinski definition) is 6. The molecule has 2 aromatic rings. The van der Waals surface area contributed by atoms with Crippen LogP contribution in [0.25, 0.3) is 0 Å². The van der Waals surface area contributed by atoms with Crippen molar-refractivity contribution in [2.45, 2.75) is 33.2 Å². The third kappa shape index (κ3) is 4.39. The Labute approximate surface area is 163 Å². The van der Waals surface area contributed by atoms with Crippen LogP contribution in [0.15, 0.2) is 28.8 Å². The number of halogens is 1. The van der Waals surface area contributed by atoms with Crippen molar-refractivity contribution in [2.24, 2.45) is 0 Å². The molecule has 1 aliphatic heterocycles. The fraction of sp³-hybridized carbons (Fsp3) is 0.450. The van der Waals surface area contributed by atoms with Crippen molar-refractivity contribution < 1.29 is 18.5 Å². The van der Waals surface area contributed by atoms with Gasteiger partial charge in [-0.05, 0) is 38.5 Å². The van der Waals surface area contributed by atoms with Crippen LogP contribution in [0.5, 0.6) is 0 Å². The molecule has 3 rings (SSSR count). The Morgan fingerprint density at radius 1 is 1.25 bits per heavy atom. The van der Waals surface area contributed by atoms with E-state index in [0.29, 0.717) is 55.4 Å². The number of nitrogens with zero attached hydrogens (tertiary/aromatic N) is 3. The number of amides is 1. The molecular weight excluding hydrogens is 363 g/mol. The molecule has 0 spiro atoms. The smallest absolute Gasteiger partial charge is 0.242 e. The van der Waals surface area contributed by atoms with E-state index in [-0.39, 0.29) is 17.7 Å². The summed E-state index contributed by atoms with van der Waals surface area (Å²) >= 11 is 0. The number of benzene rings is 1. The maximum absolute atomic E-state index is 14.4. The summed E-state index contributed by atoms with van der Waals surface area (Å²) in [5.74, 6) is 0.366. The van der Waals surface area contributed by atoms with Gasteiger partial charge in [0.2, 0.25) is 5.91 Å². The van der Waals surface area contributed by atoms with Gasteiger partial charge in [0.05, 0.1) is 11.7 Å². The van der Waals surface area contributed by atoms with Crippen LogP contribution >= 0.6 is 0 Å². The van der Waals surface area contributed by atoms with Gasteiger partial charge in [0.15, 0.2) is 11.6 Å². The Morgan fingerprint density at radius 3 is 2.50 bits per heavy atom. The monoisotopic (exact) mass is 388 g/mol. The van der Waals surface area contributed by atoms with E-state index in [1.54, 1.807) is 25.1 Å². The Hall–Kier alpha value is -2.74. The van der Waals surface area contributed by atoms with Crippen molar-refractivity contribution >= 4 is 23.2 Å². The van der Waals surface area contributed by atoms with Crippen LogP contribution in [0.4, 0.5) is 15.9 Å². The van der Waals surface area contributed by atoms with Crippen LogP contribution in [0.3, 0.4) is 0 Å². The SMILES string of the molecule is CCC(C(=O)Nc1cc(C)on1)N1CCN(c2ccc(C(C)=O)cc2F)CC1. The minimum atomic E-state index is -0.396. The summed E-state index contributed by atoms with van der Waals surface area (Å²) in [6, 6.07) is 5.97. The van der Waals surface area contributed by atoms with Gasteiger partial charge in [-0.3, -0.25) is 14.5 Å². The van der Waals surface area contributed by atoms with E-state index in [1.165, 1.54) is 13.0 Å². The Kier molecular flexibility index (Phi) is 6.08. The molecule has 0 aliphatic carbocycles. The number of Topliss-reactive ketones (excluding diaryl/α,β-unsaturated/α-hetero) is 1. The summed E-state index contributed by atoms with van der Waals surface area (Å²) in [4.78, 5) is 28.1. The maximum atomic E-state index is 14.4. The van der Waals surface area contributed by atoms with E-state index >= 15 is 0 Å². The minimum absolute atomic E-state index is 0.124. The summed E-state index contributed by atoms with van der Waals surface area (Å²) < 4.78 is 19.4. The van der Waals surface area contributed by atoms with Crippen LogP contribution < -0.4 is 10.2 Å². The number of ketones is 1. The molecule has 28 heavy (non-hydrogen) atoms. The van der Waals surface area contributed by atoms with E-state index in [0.717, 1.165) is 0 Å². The largest absolute Gasteiger partial charge is 0.367 e. The number of aromatic nitrogens is 1. The van der Waals surface area contributed by atoms with Crippen LogP contribution in [0.2, 0.25) is 0 Å². The summed E-state index contributed by atoms with van der Waals surface area (Å²) in [6.07, 6.45) is 0.657. The molecule has 0 saturated carbocycles. The van der Waals surface area contributed by atoms with Crippen LogP contribution in [0, 0.1) is 12.7 Å². The van der Waals surface area contributed by atoms with Gasteiger partial charge in [0, 0.05) is 37.8 Å². The highest BCUT2D eigenvalue weighted by atomic mass is 19.1. The minimum Gasteiger partial charge on any atom is -0.367 e. The number of hydrogen-bond donors (Lipinski definition) is 1. The summed E-state index contributed by atoms with van der Waals surface area (Å²) in [7, 11) is 0. The zero-order valence-corrected chi connectivity index (χ0v) is 16.4. The predicted octanol–water partition coefficient (Wildman–Crippen LogP) is 2.86. The van der Waals surface area contributed by atoms with Crippen LogP contribution in [-0.2, 0) is 4.79 Å². The van der Waals surface area contributed by atoms with Gasteiger partial charge in [-0.25, -0.2) is 4.39 Å². The van der Waals surface area contributed by atoms with Crippen molar-refractivity contribution in [3.63, 3.8) is 0 Å². The molecule has 1 amide bonds. The normalized spacial score (nSPS) is 16.1. The number of rotatable bonds is 6. The molecule has 1 saturated heterocycles. The molecular formula is C20H25FN4O3.